The van der Waals surface area contributed by atoms with Crippen LogP contribution in [0.15, 0.2) is 47.2 Å². The molecule has 0 radical (unpaired) electrons. The van der Waals surface area contributed by atoms with Crippen LogP contribution in [0, 0.1) is 0 Å². The van der Waals surface area contributed by atoms with Crippen LogP contribution in [-0.4, -0.2) is 33.1 Å². The van der Waals surface area contributed by atoms with Gasteiger partial charge < -0.3 is 23.5 Å². The van der Waals surface area contributed by atoms with Crippen molar-refractivity contribution in [3.8, 4) is 45.4 Å². The minimum atomic E-state index is 0.585. The predicted octanol–water partition coefficient (Wildman–Crippen LogP) is 5.21. The summed E-state index contributed by atoms with van der Waals surface area (Å²) in [5, 5.41) is 4.20. The van der Waals surface area contributed by atoms with E-state index < -0.39 is 0 Å². The Balaban J connectivity index is 1.96. The third-order valence-electron chi connectivity index (χ3n) is 4.46. The first-order valence-electron chi connectivity index (χ1n) is 9.19. The largest absolute Gasteiger partial charge is 0.496 e. The summed E-state index contributed by atoms with van der Waals surface area (Å²) >= 11 is 0. The second-order valence-electron chi connectivity index (χ2n) is 6.21. The maximum atomic E-state index is 5.74. The molecule has 0 bridgehead atoms. The standard InChI is InChI=1S/C22H25NO5/c1-5-6-11-27-16-9-7-15(8-10-16)18-14-28-23-22(18)17-12-20(25-3)21(26-4)13-19(17)24-2/h7-10,12-14H,5-6,11H2,1-4H3. The van der Waals surface area contributed by atoms with E-state index in [4.69, 9.17) is 23.5 Å². The molecule has 0 aliphatic rings. The van der Waals surface area contributed by atoms with Crippen molar-refractivity contribution in [2.45, 2.75) is 19.8 Å². The van der Waals surface area contributed by atoms with E-state index in [9.17, 15) is 0 Å². The molecule has 0 unspecified atom stereocenters. The molecule has 0 saturated heterocycles. The summed E-state index contributed by atoms with van der Waals surface area (Å²) < 4.78 is 27.3. The highest BCUT2D eigenvalue weighted by molar-refractivity contribution is 5.84. The van der Waals surface area contributed by atoms with E-state index in [2.05, 4.69) is 12.1 Å². The van der Waals surface area contributed by atoms with Crippen molar-refractivity contribution in [2.75, 3.05) is 27.9 Å². The molecule has 0 spiro atoms. The maximum absolute atomic E-state index is 5.74. The summed E-state index contributed by atoms with van der Waals surface area (Å²) in [6, 6.07) is 11.5. The Morgan fingerprint density at radius 3 is 2.18 bits per heavy atom. The van der Waals surface area contributed by atoms with Gasteiger partial charge in [-0.3, -0.25) is 0 Å². The number of aromatic nitrogens is 1. The Morgan fingerprint density at radius 2 is 1.54 bits per heavy atom. The van der Waals surface area contributed by atoms with Crippen LogP contribution in [0.25, 0.3) is 22.4 Å². The van der Waals surface area contributed by atoms with Gasteiger partial charge in [0.2, 0.25) is 0 Å². The van der Waals surface area contributed by atoms with Crippen molar-refractivity contribution >= 4 is 0 Å². The second kappa shape index (κ2) is 9.17. The summed E-state index contributed by atoms with van der Waals surface area (Å²) in [5.41, 5.74) is 3.24. The van der Waals surface area contributed by atoms with Crippen molar-refractivity contribution in [2.24, 2.45) is 0 Å². The zero-order valence-corrected chi connectivity index (χ0v) is 16.7. The van der Waals surface area contributed by atoms with Gasteiger partial charge in [0.15, 0.2) is 11.5 Å². The van der Waals surface area contributed by atoms with E-state index in [1.165, 1.54) is 0 Å². The predicted molar refractivity (Wildman–Crippen MR) is 107 cm³/mol. The zero-order valence-electron chi connectivity index (χ0n) is 16.7. The molecule has 0 aliphatic carbocycles. The summed E-state index contributed by atoms with van der Waals surface area (Å²) in [6.45, 7) is 2.86. The first-order valence-corrected chi connectivity index (χ1v) is 9.19. The number of ether oxygens (including phenoxy) is 4. The molecule has 0 atom stereocenters. The van der Waals surface area contributed by atoms with E-state index in [0.29, 0.717) is 22.9 Å². The van der Waals surface area contributed by atoms with Gasteiger partial charge in [0.05, 0.1) is 33.5 Å². The smallest absolute Gasteiger partial charge is 0.164 e. The molecule has 0 amide bonds. The molecule has 1 heterocycles. The van der Waals surface area contributed by atoms with Crippen LogP contribution in [0.5, 0.6) is 23.0 Å². The molecule has 2 aromatic carbocycles. The van der Waals surface area contributed by atoms with Gasteiger partial charge in [-0.05, 0) is 30.2 Å². The molecule has 28 heavy (non-hydrogen) atoms. The zero-order chi connectivity index (χ0) is 19.9. The molecule has 3 aromatic rings. The number of nitrogens with zero attached hydrogens (tertiary/aromatic N) is 1. The quantitative estimate of drug-likeness (QED) is 0.473. The topological polar surface area (TPSA) is 63.0 Å². The van der Waals surface area contributed by atoms with Crippen molar-refractivity contribution in [3.63, 3.8) is 0 Å². The van der Waals surface area contributed by atoms with Crippen LogP contribution >= 0.6 is 0 Å². The Bertz CT molecular complexity index is 902. The molecular weight excluding hydrogens is 358 g/mol. The number of hydrogen-bond donors (Lipinski definition) is 0. The maximum Gasteiger partial charge on any atom is 0.164 e. The number of methoxy groups -OCH3 is 3. The van der Waals surface area contributed by atoms with Crippen molar-refractivity contribution < 1.29 is 23.5 Å². The van der Waals surface area contributed by atoms with Crippen LogP contribution < -0.4 is 18.9 Å². The summed E-state index contributed by atoms with van der Waals surface area (Å²) in [5.74, 6) is 2.64. The number of rotatable bonds is 9. The van der Waals surface area contributed by atoms with Gasteiger partial charge >= 0.3 is 0 Å². The number of unbranched alkanes of at least 4 members (excludes halogenated alkanes) is 1. The molecule has 6 nitrogen and oxygen atoms in total. The molecule has 1 aromatic heterocycles. The van der Waals surface area contributed by atoms with Gasteiger partial charge in [0, 0.05) is 11.6 Å². The molecular formula is C22H25NO5. The lowest BCUT2D eigenvalue weighted by atomic mass is 10.0. The molecule has 0 saturated carbocycles. The van der Waals surface area contributed by atoms with Gasteiger partial charge in [-0.15, -0.1) is 0 Å². The Kier molecular flexibility index (Phi) is 6.42. The normalized spacial score (nSPS) is 10.6. The third-order valence-corrected chi connectivity index (χ3v) is 4.46. The van der Waals surface area contributed by atoms with Gasteiger partial charge in [0.1, 0.15) is 23.5 Å². The molecule has 0 fully saturated rings. The highest BCUT2D eigenvalue weighted by atomic mass is 16.5. The third kappa shape index (κ3) is 4.06. The lowest BCUT2D eigenvalue weighted by Gasteiger charge is -2.13. The molecule has 0 aliphatic heterocycles. The van der Waals surface area contributed by atoms with Gasteiger partial charge in [-0.1, -0.05) is 30.6 Å². The Hall–Kier alpha value is -3.15. The Labute approximate surface area is 165 Å². The summed E-state index contributed by atoms with van der Waals surface area (Å²) in [4.78, 5) is 0. The van der Waals surface area contributed by atoms with Crippen molar-refractivity contribution in [3.05, 3.63) is 42.7 Å². The highest BCUT2D eigenvalue weighted by Crippen LogP contribution is 2.42. The number of hydrogen-bond acceptors (Lipinski definition) is 6. The minimum absolute atomic E-state index is 0.585. The lowest BCUT2D eigenvalue weighted by molar-refractivity contribution is 0.309. The minimum Gasteiger partial charge on any atom is -0.496 e. The fourth-order valence-corrected chi connectivity index (χ4v) is 2.92. The highest BCUT2D eigenvalue weighted by Gasteiger charge is 2.20. The van der Waals surface area contributed by atoms with Crippen molar-refractivity contribution in [1.29, 1.82) is 0 Å². The fourth-order valence-electron chi connectivity index (χ4n) is 2.92. The second-order valence-corrected chi connectivity index (χ2v) is 6.21. The van der Waals surface area contributed by atoms with Crippen LogP contribution in [0.2, 0.25) is 0 Å². The molecule has 6 heteroatoms. The van der Waals surface area contributed by atoms with E-state index in [1.54, 1.807) is 33.7 Å². The SMILES string of the molecule is CCCCOc1ccc(-c2conc2-c2cc(OC)c(OC)cc2OC)cc1. The average Bonchev–Trinajstić information content (AvgIpc) is 3.23. The molecule has 0 N–H and O–H groups in total. The molecule has 148 valence electrons. The van der Waals surface area contributed by atoms with E-state index in [-0.39, 0.29) is 0 Å². The molecule has 3 rings (SSSR count). The fraction of sp³-hybridized carbons (Fsp3) is 0.318. The summed E-state index contributed by atoms with van der Waals surface area (Å²) in [6.07, 6.45) is 3.77. The van der Waals surface area contributed by atoms with Gasteiger partial charge in [0.25, 0.3) is 0 Å². The lowest BCUT2D eigenvalue weighted by Crippen LogP contribution is -1.96. The number of benzene rings is 2. The Morgan fingerprint density at radius 1 is 0.857 bits per heavy atom. The van der Waals surface area contributed by atoms with E-state index >= 15 is 0 Å². The van der Waals surface area contributed by atoms with Gasteiger partial charge in [-0.2, -0.15) is 0 Å². The van der Waals surface area contributed by atoms with E-state index in [0.717, 1.165) is 41.9 Å². The summed E-state index contributed by atoms with van der Waals surface area (Å²) in [7, 11) is 4.78. The average molecular weight is 383 g/mol. The first kappa shape index (κ1) is 19.6. The van der Waals surface area contributed by atoms with Crippen molar-refractivity contribution in [1.82, 2.24) is 5.16 Å². The first-order chi connectivity index (χ1) is 13.7. The van der Waals surface area contributed by atoms with E-state index in [1.807, 2.05) is 30.3 Å². The van der Waals surface area contributed by atoms with Crippen LogP contribution in [0.1, 0.15) is 19.8 Å². The van der Waals surface area contributed by atoms with Crippen LogP contribution in [-0.2, 0) is 0 Å². The van der Waals surface area contributed by atoms with Gasteiger partial charge in [-0.25, -0.2) is 0 Å². The van der Waals surface area contributed by atoms with Crippen LogP contribution in [0.4, 0.5) is 0 Å². The van der Waals surface area contributed by atoms with Crippen LogP contribution in [0.3, 0.4) is 0 Å². The monoisotopic (exact) mass is 383 g/mol.